The third-order valence-electron chi connectivity index (χ3n) is 4.03. The van der Waals surface area contributed by atoms with Crippen molar-refractivity contribution in [3.63, 3.8) is 0 Å². The Morgan fingerprint density at radius 1 is 1.43 bits per heavy atom. The molecule has 0 aliphatic carbocycles. The maximum Gasteiger partial charge on any atom is 0.356 e. The second kappa shape index (κ2) is 5.83. The number of fused-ring (bicyclic) bond motifs is 1. The Bertz CT molecular complexity index is 784. The fourth-order valence-electron chi connectivity index (χ4n) is 2.94. The molecule has 0 spiro atoms. The molecule has 1 aliphatic heterocycles. The monoisotopic (exact) mass is 318 g/mol. The molecular formula is C16H15FN2O4. The molecule has 0 radical (unpaired) electrons. The van der Waals surface area contributed by atoms with Crippen LogP contribution >= 0.6 is 0 Å². The van der Waals surface area contributed by atoms with E-state index in [1.54, 1.807) is 16.7 Å². The predicted octanol–water partition coefficient (Wildman–Crippen LogP) is 2.12. The number of benzene rings is 1. The number of halogens is 1. The van der Waals surface area contributed by atoms with E-state index in [4.69, 9.17) is 4.74 Å². The summed E-state index contributed by atoms with van der Waals surface area (Å²) in [6.45, 7) is 0.432. The van der Waals surface area contributed by atoms with Gasteiger partial charge in [-0.25, -0.2) is 14.2 Å². The molecule has 1 unspecified atom stereocenters. The van der Waals surface area contributed by atoms with Crippen LogP contribution in [0.3, 0.4) is 0 Å². The first-order chi connectivity index (χ1) is 11.0. The van der Waals surface area contributed by atoms with Crippen LogP contribution in [0.15, 0.2) is 24.3 Å². The van der Waals surface area contributed by atoms with Gasteiger partial charge in [-0.2, -0.15) is 0 Å². The number of hydrogen-bond acceptors (Lipinski definition) is 4. The van der Waals surface area contributed by atoms with Crippen LogP contribution in [0.1, 0.15) is 22.6 Å². The molecule has 0 amide bonds. The number of aromatic nitrogens is 2. The number of carboxylic acids is 1. The van der Waals surface area contributed by atoms with Crippen LogP contribution in [0.25, 0.3) is 11.4 Å². The molecule has 7 heteroatoms. The molecule has 1 N–H and O–H groups in total. The maximum atomic E-state index is 13.4. The molecular weight excluding hydrogens is 303 g/mol. The van der Waals surface area contributed by atoms with Gasteiger partial charge in [-0.3, -0.25) is 4.79 Å². The van der Waals surface area contributed by atoms with Gasteiger partial charge in [-0.15, -0.1) is 0 Å². The Balaban J connectivity index is 2.08. The zero-order chi connectivity index (χ0) is 16.6. The first kappa shape index (κ1) is 15.2. The Kier molecular flexibility index (Phi) is 3.85. The Morgan fingerprint density at radius 3 is 2.87 bits per heavy atom. The zero-order valence-corrected chi connectivity index (χ0v) is 12.5. The van der Waals surface area contributed by atoms with Crippen molar-refractivity contribution < 1.29 is 23.8 Å². The van der Waals surface area contributed by atoms with Crippen molar-refractivity contribution in [3.05, 3.63) is 41.5 Å². The minimum Gasteiger partial charge on any atom is -0.476 e. The van der Waals surface area contributed by atoms with E-state index in [2.05, 4.69) is 4.98 Å². The summed E-state index contributed by atoms with van der Waals surface area (Å²) in [6, 6.07) is 5.85. The molecule has 1 aliphatic rings. The number of nitrogens with zero attached hydrogens (tertiary/aromatic N) is 2. The standard InChI is InChI=1S/C16H15FN2O4/c1-23-16(22)10-5-6-19-12(8-10)13(15(20)21)18-14(19)9-3-2-4-11(17)7-9/h2-4,7,10H,5-6,8H2,1H3,(H,20,21). The van der Waals surface area contributed by atoms with E-state index in [1.807, 2.05) is 0 Å². The van der Waals surface area contributed by atoms with Crippen molar-refractivity contribution in [2.24, 2.45) is 5.92 Å². The van der Waals surface area contributed by atoms with Crippen molar-refractivity contribution in [1.82, 2.24) is 9.55 Å². The van der Waals surface area contributed by atoms with Gasteiger partial charge in [0.05, 0.1) is 18.7 Å². The molecule has 23 heavy (non-hydrogen) atoms. The third kappa shape index (κ3) is 2.69. The molecule has 0 saturated heterocycles. The SMILES string of the molecule is COC(=O)C1CCn2c(-c3cccc(F)c3)nc(C(=O)O)c2C1. The number of ether oxygens (including phenoxy) is 1. The summed E-state index contributed by atoms with van der Waals surface area (Å²) in [5, 5.41) is 9.37. The number of carbonyl (C=O) groups excluding carboxylic acids is 1. The molecule has 1 aromatic carbocycles. The van der Waals surface area contributed by atoms with Crippen LogP contribution < -0.4 is 0 Å². The minimum absolute atomic E-state index is 0.0992. The smallest absolute Gasteiger partial charge is 0.356 e. The average molecular weight is 318 g/mol. The number of methoxy groups -OCH3 is 1. The molecule has 1 atom stereocenters. The average Bonchev–Trinajstić information content (AvgIpc) is 2.93. The highest BCUT2D eigenvalue weighted by atomic mass is 19.1. The number of esters is 1. The van der Waals surface area contributed by atoms with Crippen LogP contribution in [-0.4, -0.2) is 33.7 Å². The highest BCUT2D eigenvalue weighted by molar-refractivity contribution is 5.88. The van der Waals surface area contributed by atoms with Crippen LogP contribution in [-0.2, 0) is 22.5 Å². The van der Waals surface area contributed by atoms with Crippen LogP contribution in [0.5, 0.6) is 0 Å². The van der Waals surface area contributed by atoms with E-state index < -0.39 is 11.8 Å². The van der Waals surface area contributed by atoms with Gasteiger partial charge in [0.15, 0.2) is 5.69 Å². The third-order valence-corrected chi connectivity index (χ3v) is 4.03. The number of carbonyl (C=O) groups is 2. The topological polar surface area (TPSA) is 81.4 Å². The molecule has 6 nitrogen and oxygen atoms in total. The molecule has 120 valence electrons. The Morgan fingerprint density at radius 2 is 2.22 bits per heavy atom. The fourth-order valence-corrected chi connectivity index (χ4v) is 2.94. The minimum atomic E-state index is -1.16. The fraction of sp³-hybridized carbons (Fsp3) is 0.312. The summed E-state index contributed by atoms with van der Waals surface area (Å²) in [5.41, 5.74) is 0.881. The van der Waals surface area contributed by atoms with Crippen molar-refractivity contribution in [2.75, 3.05) is 7.11 Å². The van der Waals surface area contributed by atoms with E-state index in [0.29, 0.717) is 30.0 Å². The number of hydrogen-bond donors (Lipinski definition) is 1. The zero-order valence-electron chi connectivity index (χ0n) is 12.5. The molecule has 2 aromatic rings. The quantitative estimate of drug-likeness (QED) is 0.877. The lowest BCUT2D eigenvalue weighted by Crippen LogP contribution is -2.27. The Hall–Kier alpha value is -2.70. The predicted molar refractivity (Wildman–Crippen MR) is 78.4 cm³/mol. The Labute approximate surface area is 131 Å². The van der Waals surface area contributed by atoms with E-state index in [1.165, 1.54) is 19.2 Å². The van der Waals surface area contributed by atoms with Gasteiger partial charge in [0.1, 0.15) is 11.6 Å². The van der Waals surface area contributed by atoms with Crippen LogP contribution in [0, 0.1) is 11.7 Å². The van der Waals surface area contributed by atoms with Crippen molar-refractivity contribution in [3.8, 4) is 11.4 Å². The van der Waals surface area contributed by atoms with Gasteiger partial charge in [0, 0.05) is 18.5 Å². The number of imidazole rings is 1. The van der Waals surface area contributed by atoms with Crippen molar-refractivity contribution in [2.45, 2.75) is 19.4 Å². The summed E-state index contributed by atoms with van der Waals surface area (Å²) in [7, 11) is 1.31. The van der Waals surface area contributed by atoms with E-state index in [9.17, 15) is 19.1 Å². The first-order valence-electron chi connectivity index (χ1n) is 7.17. The molecule has 0 fully saturated rings. The number of carboxylic acid groups (broad SMARTS) is 1. The largest absolute Gasteiger partial charge is 0.476 e. The lowest BCUT2D eigenvalue weighted by Gasteiger charge is -2.23. The van der Waals surface area contributed by atoms with Gasteiger partial charge in [0.2, 0.25) is 0 Å². The van der Waals surface area contributed by atoms with Gasteiger partial charge < -0.3 is 14.4 Å². The number of aromatic carboxylic acids is 1. The highest BCUT2D eigenvalue weighted by Gasteiger charge is 2.32. The van der Waals surface area contributed by atoms with Crippen molar-refractivity contribution >= 4 is 11.9 Å². The van der Waals surface area contributed by atoms with E-state index >= 15 is 0 Å². The van der Waals surface area contributed by atoms with Gasteiger partial charge >= 0.3 is 11.9 Å². The second-order valence-corrected chi connectivity index (χ2v) is 5.41. The van der Waals surface area contributed by atoms with Crippen LogP contribution in [0.4, 0.5) is 4.39 Å². The first-order valence-corrected chi connectivity index (χ1v) is 7.17. The molecule has 0 saturated carbocycles. The summed E-state index contributed by atoms with van der Waals surface area (Å²) >= 11 is 0. The summed E-state index contributed by atoms with van der Waals surface area (Å²) in [6.07, 6.45) is 0.772. The van der Waals surface area contributed by atoms with E-state index in [-0.39, 0.29) is 24.0 Å². The maximum absolute atomic E-state index is 13.4. The lowest BCUT2D eigenvalue weighted by molar-refractivity contribution is -0.146. The van der Waals surface area contributed by atoms with Gasteiger partial charge in [0.25, 0.3) is 0 Å². The van der Waals surface area contributed by atoms with Gasteiger partial charge in [-0.1, -0.05) is 12.1 Å². The second-order valence-electron chi connectivity index (χ2n) is 5.41. The molecule has 1 aromatic heterocycles. The normalized spacial score (nSPS) is 16.7. The summed E-state index contributed by atoms with van der Waals surface area (Å²) in [5.74, 6) is -1.93. The highest BCUT2D eigenvalue weighted by Crippen LogP contribution is 2.30. The lowest BCUT2D eigenvalue weighted by atomic mass is 9.95. The summed E-state index contributed by atoms with van der Waals surface area (Å²) in [4.78, 5) is 27.4. The van der Waals surface area contributed by atoms with Gasteiger partial charge in [-0.05, 0) is 18.6 Å². The molecule has 2 heterocycles. The molecule has 3 rings (SSSR count). The number of rotatable bonds is 3. The van der Waals surface area contributed by atoms with E-state index in [0.717, 1.165) is 0 Å². The van der Waals surface area contributed by atoms with Crippen molar-refractivity contribution in [1.29, 1.82) is 0 Å². The summed E-state index contributed by atoms with van der Waals surface area (Å²) < 4.78 is 19.9. The molecule has 0 bridgehead atoms. The van der Waals surface area contributed by atoms with Crippen LogP contribution in [0.2, 0.25) is 0 Å².